The Balaban J connectivity index is 2.35. The third kappa shape index (κ3) is 5.33. The molecule has 0 bridgehead atoms. The number of ether oxygens (including phenoxy) is 1. The number of amides is 1. The molecule has 1 aromatic rings. The molecule has 5 heteroatoms. The number of carbonyl (C=O) groups excluding carboxylic acids is 1. The summed E-state index contributed by atoms with van der Waals surface area (Å²) in [5, 5.41) is 12.3. The van der Waals surface area contributed by atoms with E-state index in [1.807, 2.05) is 0 Å². The molecule has 0 aliphatic carbocycles. The van der Waals surface area contributed by atoms with E-state index in [1.54, 1.807) is 19.1 Å². The average Bonchev–Trinajstić information content (AvgIpc) is 2.76. The van der Waals surface area contributed by atoms with Crippen molar-refractivity contribution in [1.82, 2.24) is 5.32 Å². The summed E-state index contributed by atoms with van der Waals surface area (Å²) >= 11 is 0. The Kier molecular flexibility index (Phi) is 4.93. The predicted molar refractivity (Wildman–Crippen MR) is 63.3 cm³/mol. The second kappa shape index (κ2) is 6.22. The Bertz CT molecular complexity index is 368. The highest BCUT2D eigenvalue weighted by Gasteiger charge is 2.20. The van der Waals surface area contributed by atoms with E-state index in [9.17, 15) is 9.90 Å². The van der Waals surface area contributed by atoms with E-state index in [0.717, 1.165) is 5.56 Å². The minimum Gasteiger partial charge on any atom is -0.472 e. The largest absolute Gasteiger partial charge is 0.472 e. The number of methoxy groups -OCH3 is 1. The van der Waals surface area contributed by atoms with E-state index in [2.05, 4.69) is 5.32 Å². The Morgan fingerprint density at radius 1 is 1.71 bits per heavy atom. The molecule has 94 valence electrons. The average molecular weight is 239 g/mol. The zero-order chi connectivity index (χ0) is 12.7. The van der Waals surface area contributed by atoms with Crippen LogP contribution in [-0.4, -0.2) is 36.9 Å². The fourth-order valence-electron chi connectivity index (χ4n) is 1.24. The molecule has 0 radical (unpaired) electrons. The standard InChI is InChI=1S/C12H17NO4/c1-12(15,9-16-2)8-13-11(14)4-3-10-5-6-17-7-10/h3-7,15H,8-9H2,1-2H3,(H,13,14)/b4-3+/t12-/m0/s1. The molecule has 1 aromatic heterocycles. The molecule has 0 saturated heterocycles. The minimum absolute atomic E-state index is 0.134. The molecule has 0 aliphatic heterocycles. The molecule has 2 N–H and O–H groups in total. The lowest BCUT2D eigenvalue weighted by atomic mass is 10.1. The number of carbonyl (C=O) groups is 1. The summed E-state index contributed by atoms with van der Waals surface area (Å²) in [6.45, 7) is 1.89. The van der Waals surface area contributed by atoms with Crippen molar-refractivity contribution in [1.29, 1.82) is 0 Å². The van der Waals surface area contributed by atoms with Crippen LogP contribution in [-0.2, 0) is 9.53 Å². The van der Waals surface area contributed by atoms with E-state index >= 15 is 0 Å². The molecule has 1 rings (SSSR count). The maximum atomic E-state index is 11.4. The lowest BCUT2D eigenvalue weighted by Crippen LogP contribution is -2.43. The van der Waals surface area contributed by atoms with E-state index in [4.69, 9.17) is 9.15 Å². The van der Waals surface area contributed by atoms with Crippen LogP contribution in [0.5, 0.6) is 0 Å². The maximum absolute atomic E-state index is 11.4. The molecule has 17 heavy (non-hydrogen) atoms. The third-order valence-electron chi connectivity index (χ3n) is 2.07. The third-order valence-corrected chi connectivity index (χ3v) is 2.07. The van der Waals surface area contributed by atoms with Crippen molar-refractivity contribution in [2.75, 3.05) is 20.3 Å². The number of hydrogen-bond acceptors (Lipinski definition) is 4. The highest BCUT2D eigenvalue weighted by atomic mass is 16.5. The molecule has 5 nitrogen and oxygen atoms in total. The quantitative estimate of drug-likeness (QED) is 0.720. The summed E-state index contributed by atoms with van der Waals surface area (Å²) in [6.07, 6.45) is 6.07. The van der Waals surface area contributed by atoms with Gasteiger partial charge < -0.3 is 19.6 Å². The van der Waals surface area contributed by atoms with Gasteiger partial charge in [0.2, 0.25) is 5.91 Å². The SMILES string of the molecule is COC[C@@](C)(O)CNC(=O)/C=C/c1ccoc1. The Morgan fingerprint density at radius 2 is 2.47 bits per heavy atom. The van der Waals surface area contributed by atoms with Crippen LogP contribution in [0.2, 0.25) is 0 Å². The molecule has 1 amide bonds. The second-order valence-corrected chi connectivity index (χ2v) is 4.04. The normalized spacial score (nSPS) is 14.8. The van der Waals surface area contributed by atoms with Crippen molar-refractivity contribution < 1.29 is 19.1 Å². The van der Waals surface area contributed by atoms with Crippen LogP contribution >= 0.6 is 0 Å². The van der Waals surface area contributed by atoms with Crippen molar-refractivity contribution >= 4 is 12.0 Å². The Morgan fingerprint density at radius 3 is 3.06 bits per heavy atom. The lowest BCUT2D eigenvalue weighted by molar-refractivity contribution is -0.118. The summed E-state index contributed by atoms with van der Waals surface area (Å²) in [5.74, 6) is -0.275. The van der Waals surface area contributed by atoms with E-state index in [-0.39, 0.29) is 19.1 Å². The molecule has 1 atom stereocenters. The number of hydrogen-bond donors (Lipinski definition) is 2. The zero-order valence-electron chi connectivity index (χ0n) is 9.97. The molecule has 0 unspecified atom stereocenters. The Hall–Kier alpha value is -1.59. The first-order valence-electron chi connectivity index (χ1n) is 5.23. The van der Waals surface area contributed by atoms with Crippen molar-refractivity contribution in [3.8, 4) is 0 Å². The van der Waals surface area contributed by atoms with Gasteiger partial charge in [-0.15, -0.1) is 0 Å². The van der Waals surface area contributed by atoms with E-state index in [1.165, 1.54) is 25.7 Å². The second-order valence-electron chi connectivity index (χ2n) is 4.04. The van der Waals surface area contributed by atoms with Gasteiger partial charge >= 0.3 is 0 Å². The van der Waals surface area contributed by atoms with Gasteiger partial charge in [-0.25, -0.2) is 0 Å². The monoisotopic (exact) mass is 239 g/mol. The first-order valence-corrected chi connectivity index (χ1v) is 5.23. The van der Waals surface area contributed by atoms with Gasteiger partial charge in [0.05, 0.1) is 19.1 Å². The summed E-state index contributed by atoms with van der Waals surface area (Å²) in [7, 11) is 1.50. The minimum atomic E-state index is -1.06. The van der Waals surface area contributed by atoms with Crippen LogP contribution in [0, 0.1) is 0 Å². The highest BCUT2D eigenvalue weighted by Crippen LogP contribution is 2.03. The van der Waals surface area contributed by atoms with Crippen molar-refractivity contribution in [2.24, 2.45) is 0 Å². The van der Waals surface area contributed by atoms with Gasteiger partial charge in [-0.05, 0) is 19.1 Å². The highest BCUT2D eigenvalue weighted by molar-refractivity contribution is 5.91. The fourth-order valence-corrected chi connectivity index (χ4v) is 1.24. The van der Waals surface area contributed by atoms with Gasteiger partial charge in [-0.3, -0.25) is 4.79 Å². The molecular weight excluding hydrogens is 222 g/mol. The van der Waals surface area contributed by atoms with E-state index < -0.39 is 5.60 Å². The maximum Gasteiger partial charge on any atom is 0.244 e. The van der Waals surface area contributed by atoms with Crippen LogP contribution in [0.15, 0.2) is 29.1 Å². The van der Waals surface area contributed by atoms with Gasteiger partial charge in [0.15, 0.2) is 0 Å². The molecule has 0 aliphatic rings. The predicted octanol–water partition coefficient (Wildman–Crippen LogP) is 0.806. The summed E-state index contributed by atoms with van der Waals surface area (Å²) in [4.78, 5) is 11.4. The smallest absolute Gasteiger partial charge is 0.244 e. The van der Waals surface area contributed by atoms with Crippen LogP contribution < -0.4 is 5.32 Å². The van der Waals surface area contributed by atoms with Crippen LogP contribution in [0.1, 0.15) is 12.5 Å². The Labute approximate surface area is 100 Å². The van der Waals surface area contributed by atoms with Crippen molar-refractivity contribution in [3.63, 3.8) is 0 Å². The van der Waals surface area contributed by atoms with Crippen LogP contribution in [0.25, 0.3) is 6.08 Å². The number of rotatable bonds is 6. The number of aliphatic hydroxyl groups is 1. The first-order chi connectivity index (χ1) is 8.03. The van der Waals surface area contributed by atoms with Gasteiger partial charge in [0, 0.05) is 25.3 Å². The van der Waals surface area contributed by atoms with Crippen LogP contribution in [0.3, 0.4) is 0 Å². The van der Waals surface area contributed by atoms with Crippen molar-refractivity contribution in [3.05, 3.63) is 30.2 Å². The van der Waals surface area contributed by atoms with Gasteiger partial charge in [-0.2, -0.15) is 0 Å². The summed E-state index contributed by atoms with van der Waals surface area (Å²) in [5.41, 5.74) is -0.253. The topological polar surface area (TPSA) is 71.7 Å². The van der Waals surface area contributed by atoms with Crippen LogP contribution in [0.4, 0.5) is 0 Å². The first kappa shape index (κ1) is 13.5. The molecule has 0 spiro atoms. The molecule has 0 saturated carbocycles. The van der Waals surface area contributed by atoms with Gasteiger partial charge in [0.1, 0.15) is 5.60 Å². The van der Waals surface area contributed by atoms with Gasteiger partial charge in [0.25, 0.3) is 0 Å². The zero-order valence-corrected chi connectivity index (χ0v) is 9.97. The number of furan rings is 1. The summed E-state index contributed by atoms with van der Waals surface area (Å²) in [6, 6.07) is 1.74. The molecule has 0 aromatic carbocycles. The number of nitrogens with one attached hydrogen (secondary N) is 1. The van der Waals surface area contributed by atoms with Gasteiger partial charge in [-0.1, -0.05) is 0 Å². The summed E-state index contributed by atoms with van der Waals surface area (Å²) < 4.78 is 9.68. The van der Waals surface area contributed by atoms with E-state index in [0.29, 0.717) is 0 Å². The fraction of sp³-hybridized carbons (Fsp3) is 0.417. The molecule has 1 heterocycles. The van der Waals surface area contributed by atoms with Crippen molar-refractivity contribution in [2.45, 2.75) is 12.5 Å². The molecular formula is C12H17NO4. The lowest BCUT2D eigenvalue weighted by Gasteiger charge is -2.21. The molecule has 0 fully saturated rings.